The summed E-state index contributed by atoms with van der Waals surface area (Å²) in [6, 6.07) is 6.18. The molecule has 1 aromatic rings. The zero-order chi connectivity index (χ0) is 19.9. The first-order chi connectivity index (χ1) is 13.3. The molecule has 150 valence electrons. The van der Waals surface area contributed by atoms with Crippen LogP contribution in [0.2, 0.25) is 0 Å². The lowest BCUT2D eigenvalue weighted by Crippen LogP contribution is -2.65. The highest BCUT2D eigenvalue weighted by Crippen LogP contribution is 2.57. The van der Waals surface area contributed by atoms with Gasteiger partial charge in [0.15, 0.2) is 0 Å². The van der Waals surface area contributed by atoms with Crippen LogP contribution in [0.25, 0.3) is 0 Å². The lowest BCUT2D eigenvalue weighted by atomic mass is 9.55. The summed E-state index contributed by atoms with van der Waals surface area (Å²) in [6.45, 7) is 7.33. The maximum Gasteiger partial charge on any atom is 0.243 e. The summed E-state index contributed by atoms with van der Waals surface area (Å²) in [4.78, 5) is 27.2. The number of nitrogens with one attached hydrogen (secondary N) is 1. The summed E-state index contributed by atoms with van der Waals surface area (Å²) in [7, 11) is 0. The Hall–Kier alpha value is -2.21. The van der Waals surface area contributed by atoms with Crippen molar-refractivity contribution in [3.05, 3.63) is 48.3 Å². The van der Waals surface area contributed by atoms with Crippen molar-refractivity contribution in [3.8, 4) is 0 Å². The summed E-state index contributed by atoms with van der Waals surface area (Å²) in [5.41, 5.74) is 0.516. The van der Waals surface area contributed by atoms with E-state index < -0.39 is 0 Å². The van der Waals surface area contributed by atoms with Crippen LogP contribution in [0.5, 0.6) is 0 Å². The molecule has 4 aliphatic rings. The maximum absolute atomic E-state index is 13.3. The number of likely N-dealkylation sites (tertiary alicyclic amines) is 1. The van der Waals surface area contributed by atoms with E-state index in [0.717, 1.165) is 31.2 Å². The minimum absolute atomic E-state index is 0.0346. The molecular formula is C22H27FN2O3. The molecule has 0 spiro atoms. The SMILES string of the molecule is C=CC(=O)N[C@H]1CN(C(=O)C23CCOC(C)(C2)C3)CC[C@@H]1c1ccc(F)cc1. The minimum Gasteiger partial charge on any atom is -0.375 e. The van der Waals surface area contributed by atoms with Gasteiger partial charge < -0.3 is 15.0 Å². The molecular weight excluding hydrogens is 359 g/mol. The third-order valence-corrected chi connectivity index (χ3v) is 6.62. The molecule has 5 rings (SSSR count). The van der Waals surface area contributed by atoms with E-state index >= 15 is 0 Å². The van der Waals surface area contributed by atoms with Crippen LogP contribution in [-0.2, 0) is 14.3 Å². The number of nitrogens with zero attached hydrogens (tertiary/aromatic N) is 1. The zero-order valence-electron chi connectivity index (χ0n) is 16.2. The zero-order valence-corrected chi connectivity index (χ0v) is 16.2. The fourth-order valence-corrected chi connectivity index (χ4v) is 5.38. The van der Waals surface area contributed by atoms with Crippen LogP contribution >= 0.6 is 0 Å². The first-order valence-corrected chi connectivity index (χ1v) is 9.96. The molecule has 2 amide bonds. The number of ether oxygens (including phenoxy) is 1. The van der Waals surface area contributed by atoms with Crippen molar-refractivity contribution >= 4 is 11.8 Å². The van der Waals surface area contributed by atoms with Gasteiger partial charge in [0.05, 0.1) is 17.1 Å². The van der Waals surface area contributed by atoms with Gasteiger partial charge in [-0.15, -0.1) is 0 Å². The Morgan fingerprint density at radius 2 is 2.04 bits per heavy atom. The van der Waals surface area contributed by atoms with Crippen molar-refractivity contribution in [3.63, 3.8) is 0 Å². The van der Waals surface area contributed by atoms with Crippen LogP contribution in [-0.4, -0.2) is 48.1 Å². The van der Waals surface area contributed by atoms with E-state index in [-0.39, 0.29) is 40.6 Å². The molecule has 3 saturated heterocycles. The van der Waals surface area contributed by atoms with Crippen LogP contribution in [0.4, 0.5) is 4.39 Å². The molecule has 5 nitrogen and oxygen atoms in total. The van der Waals surface area contributed by atoms with E-state index in [9.17, 15) is 14.0 Å². The second kappa shape index (κ2) is 6.99. The first kappa shape index (κ1) is 19.1. The lowest BCUT2D eigenvalue weighted by molar-refractivity contribution is -0.221. The highest BCUT2D eigenvalue weighted by molar-refractivity contribution is 5.87. The predicted molar refractivity (Wildman–Crippen MR) is 103 cm³/mol. The summed E-state index contributed by atoms with van der Waals surface area (Å²) in [6.07, 6.45) is 4.30. The van der Waals surface area contributed by atoms with E-state index in [1.165, 1.54) is 18.2 Å². The fourth-order valence-electron chi connectivity index (χ4n) is 5.38. The summed E-state index contributed by atoms with van der Waals surface area (Å²) in [5, 5.41) is 2.98. The molecule has 0 unspecified atom stereocenters. The van der Waals surface area contributed by atoms with Gasteiger partial charge in [0, 0.05) is 25.6 Å². The van der Waals surface area contributed by atoms with Crippen molar-refractivity contribution in [1.29, 1.82) is 0 Å². The van der Waals surface area contributed by atoms with Gasteiger partial charge in [-0.25, -0.2) is 4.39 Å². The van der Waals surface area contributed by atoms with Crippen molar-refractivity contribution < 1.29 is 18.7 Å². The minimum atomic E-state index is -0.303. The number of carbonyl (C=O) groups excluding carboxylic acids is 2. The van der Waals surface area contributed by atoms with Crippen LogP contribution in [0.1, 0.15) is 44.1 Å². The van der Waals surface area contributed by atoms with Crippen LogP contribution in [0.3, 0.4) is 0 Å². The summed E-state index contributed by atoms with van der Waals surface area (Å²) >= 11 is 0. The van der Waals surface area contributed by atoms with Crippen molar-refractivity contribution in [2.45, 2.75) is 50.2 Å². The van der Waals surface area contributed by atoms with E-state index in [2.05, 4.69) is 18.8 Å². The second-order valence-corrected chi connectivity index (χ2v) is 8.70. The van der Waals surface area contributed by atoms with Gasteiger partial charge in [-0.2, -0.15) is 0 Å². The van der Waals surface area contributed by atoms with E-state index in [0.29, 0.717) is 19.7 Å². The lowest BCUT2D eigenvalue weighted by Gasteiger charge is -2.59. The van der Waals surface area contributed by atoms with Gasteiger partial charge >= 0.3 is 0 Å². The molecule has 1 aromatic carbocycles. The van der Waals surface area contributed by atoms with Crippen molar-refractivity contribution in [2.75, 3.05) is 19.7 Å². The smallest absolute Gasteiger partial charge is 0.243 e. The molecule has 1 N–H and O–H groups in total. The molecule has 6 heteroatoms. The van der Waals surface area contributed by atoms with Crippen LogP contribution < -0.4 is 5.32 Å². The highest BCUT2D eigenvalue weighted by Gasteiger charge is 2.61. The number of hydrogen-bond donors (Lipinski definition) is 1. The molecule has 2 bridgehead atoms. The molecule has 1 aliphatic carbocycles. The Morgan fingerprint density at radius 1 is 1.32 bits per heavy atom. The number of hydrogen-bond acceptors (Lipinski definition) is 3. The quantitative estimate of drug-likeness (QED) is 0.810. The average molecular weight is 386 g/mol. The number of fused-ring (bicyclic) bond motifs is 2. The topological polar surface area (TPSA) is 58.6 Å². The molecule has 4 fully saturated rings. The van der Waals surface area contributed by atoms with Crippen LogP contribution in [0.15, 0.2) is 36.9 Å². The van der Waals surface area contributed by atoms with E-state index in [1.54, 1.807) is 12.1 Å². The molecule has 2 atom stereocenters. The van der Waals surface area contributed by atoms with Crippen LogP contribution in [0, 0.1) is 11.2 Å². The molecule has 3 heterocycles. The fraction of sp³-hybridized carbons (Fsp3) is 0.545. The third-order valence-electron chi connectivity index (χ3n) is 6.62. The number of carbonyl (C=O) groups is 2. The van der Waals surface area contributed by atoms with Gasteiger partial charge in [-0.05, 0) is 56.4 Å². The Bertz CT molecular complexity index is 785. The molecule has 0 radical (unpaired) electrons. The Balaban J connectivity index is 1.51. The Morgan fingerprint density at radius 3 is 2.68 bits per heavy atom. The van der Waals surface area contributed by atoms with Gasteiger partial charge in [0.2, 0.25) is 11.8 Å². The summed E-state index contributed by atoms with van der Waals surface area (Å²) < 4.78 is 19.1. The van der Waals surface area contributed by atoms with Gasteiger partial charge in [-0.1, -0.05) is 18.7 Å². The Kier molecular flexibility index (Phi) is 4.78. The van der Waals surface area contributed by atoms with Gasteiger partial charge in [-0.3, -0.25) is 9.59 Å². The number of amides is 2. The maximum atomic E-state index is 13.3. The van der Waals surface area contributed by atoms with Crippen molar-refractivity contribution in [1.82, 2.24) is 10.2 Å². The van der Waals surface area contributed by atoms with Gasteiger partial charge in [0.25, 0.3) is 0 Å². The van der Waals surface area contributed by atoms with E-state index in [4.69, 9.17) is 4.74 Å². The largest absolute Gasteiger partial charge is 0.375 e. The average Bonchev–Trinajstić information content (AvgIpc) is 2.67. The first-order valence-electron chi connectivity index (χ1n) is 9.96. The summed E-state index contributed by atoms with van der Waals surface area (Å²) in [5.74, 6) is -0.322. The molecule has 0 aromatic heterocycles. The molecule has 3 aliphatic heterocycles. The Labute approximate surface area is 164 Å². The normalized spacial score (nSPS) is 34.3. The third kappa shape index (κ3) is 3.34. The van der Waals surface area contributed by atoms with E-state index in [1.807, 2.05) is 4.90 Å². The number of benzene rings is 1. The number of halogens is 1. The molecule has 28 heavy (non-hydrogen) atoms. The van der Waals surface area contributed by atoms with Crippen molar-refractivity contribution in [2.24, 2.45) is 5.41 Å². The predicted octanol–water partition coefficient (Wildman–Crippen LogP) is 2.77. The monoisotopic (exact) mass is 386 g/mol. The van der Waals surface area contributed by atoms with Gasteiger partial charge in [0.1, 0.15) is 5.82 Å². The number of piperidine rings is 1. The number of rotatable bonds is 4. The molecule has 1 saturated carbocycles. The second-order valence-electron chi connectivity index (χ2n) is 8.70. The standard InChI is InChI=1S/C22H27FN2O3/c1-3-19(26)24-18-12-25(10-8-17(18)15-4-6-16(23)7-5-15)20(27)22-9-11-28-21(2,13-22)14-22/h3-7,17-18H,1,8-14H2,2H3,(H,24,26)/t17-,18+,21?,22?/m1/s1. The highest BCUT2D eigenvalue weighted by atomic mass is 19.1.